The quantitative estimate of drug-likeness (QED) is 0.886. The van der Waals surface area contributed by atoms with Crippen LogP contribution in [0.5, 0.6) is 5.88 Å². The maximum Gasteiger partial charge on any atom is 0.272 e. The van der Waals surface area contributed by atoms with Crippen LogP contribution in [0.3, 0.4) is 0 Å². The van der Waals surface area contributed by atoms with Crippen molar-refractivity contribution >= 4 is 22.5 Å². The van der Waals surface area contributed by atoms with Crippen LogP contribution in [0.1, 0.15) is 13.8 Å². The molecule has 0 aliphatic rings. The smallest absolute Gasteiger partial charge is 0.272 e. The first-order valence-corrected chi connectivity index (χ1v) is 6.16. The Bertz CT molecular complexity index is 611. The number of hydrogen-bond acceptors (Lipinski definition) is 3. The molecule has 0 atom stereocenters. The second-order valence-electron chi connectivity index (χ2n) is 4.61. The van der Waals surface area contributed by atoms with Gasteiger partial charge in [0.2, 0.25) is 11.8 Å². The van der Waals surface area contributed by atoms with Crippen LogP contribution in [0.2, 0.25) is 0 Å². The summed E-state index contributed by atoms with van der Waals surface area (Å²) in [7, 11) is 0. The number of fused-ring (bicyclic) bond motifs is 1. The van der Waals surface area contributed by atoms with Crippen molar-refractivity contribution in [3.8, 4) is 5.88 Å². The van der Waals surface area contributed by atoms with Crippen molar-refractivity contribution in [1.82, 2.24) is 9.97 Å². The van der Waals surface area contributed by atoms with Gasteiger partial charge in [-0.15, -0.1) is 0 Å². The Labute approximate surface area is 114 Å². The third-order valence-electron chi connectivity index (χ3n) is 2.66. The van der Waals surface area contributed by atoms with E-state index in [-0.39, 0.29) is 17.7 Å². The molecule has 0 saturated heterocycles. The monoisotopic (exact) mass is 283 g/mol. The summed E-state index contributed by atoms with van der Waals surface area (Å²) >= 11 is 0. The molecule has 20 heavy (non-hydrogen) atoms. The minimum absolute atomic E-state index is 0.0523. The largest absolute Gasteiger partial charge is 0.472 e. The number of halogens is 2. The number of carbonyl (C=O) groups excluding carboxylic acids is 1. The molecule has 2 heterocycles. The van der Waals surface area contributed by atoms with E-state index < -0.39 is 13.0 Å². The van der Waals surface area contributed by atoms with Gasteiger partial charge in [-0.3, -0.25) is 4.79 Å². The highest BCUT2D eigenvalue weighted by atomic mass is 19.3. The summed E-state index contributed by atoms with van der Waals surface area (Å²) in [6, 6.07) is 1.54. The average Bonchev–Trinajstić information content (AvgIpc) is 2.84. The van der Waals surface area contributed by atoms with Crippen molar-refractivity contribution in [3.63, 3.8) is 0 Å². The van der Waals surface area contributed by atoms with Gasteiger partial charge in [0.05, 0.1) is 0 Å². The molecule has 0 aliphatic heterocycles. The van der Waals surface area contributed by atoms with E-state index in [9.17, 15) is 13.6 Å². The molecule has 2 aromatic rings. The Hall–Kier alpha value is -2.18. The third kappa shape index (κ3) is 3.23. The number of nitrogens with zero attached hydrogens (tertiary/aromatic N) is 1. The van der Waals surface area contributed by atoms with Gasteiger partial charge in [0.25, 0.3) is 6.43 Å². The minimum Gasteiger partial charge on any atom is -0.472 e. The number of amides is 1. The molecule has 0 radical (unpaired) electrons. The van der Waals surface area contributed by atoms with Gasteiger partial charge in [-0.05, 0) is 0 Å². The molecule has 0 spiro atoms. The maximum absolute atomic E-state index is 12.2. The zero-order valence-corrected chi connectivity index (χ0v) is 11.1. The van der Waals surface area contributed by atoms with Crippen LogP contribution in [0.4, 0.5) is 14.6 Å². The van der Waals surface area contributed by atoms with Gasteiger partial charge in [0, 0.05) is 35.2 Å². The second kappa shape index (κ2) is 5.85. The summed E-state index contributed by atoms with van der Waals surface area (Å²) in [5.74, 6) is -0.0642. The van der Waals surface area contributed by atoms with Crippen LogP contribution in [0.25, 0.3) is 10.8 Å². The van der Waals surface area contributed by atoms with Crippen LogP contribution in [0.15, 0.2) is 18.5 Å². The van der Waals surface area contributed by atoms with E-state index in [2.05, 4.69) is 15.3 Å². The highest BCUT2D eigenvalue weighted by molar-refractivity contribution is 6.01. The minimum atomic E-state index is -2.58. The van der Waals surface area contributed by atoms with E-state index in [1.165, 1.54) is 0 Å². The summed E-state index contributed by atoms with van der Waals surface area (Å²) in [5, 5.41) is 4.08. The average molecular weight is 283 g/mol. The number of rotatable bonds is 5. The second-order valence-corrected chi connectivity index (χ2v) is 4.61. The Morgan fingerprint density at radius 3 is 2.85 bits per heavy atom. The molecule has 108 valence electrons. The molecule has 0 aliphatic carbocycles. The van der Waals surface area contributed by atoms with Gasteiger partial charge in [-0.2, -0.15) is 4.98 Å². The Morgan fingerprint density at radius 2 is 2.20 bits per heavy atom. The van der Waals surface area contributed by atoms with Gasteiger partial charge in [0.1, 0.15) is 5.82 Å². The number of pyridine rings is 1. The van der Waals surface area contributed by atoms with Gasteiger partial charge in [-0.1, -0.05) is 13.8 Å². The zero-order valence-electron chi connectivity index (χ0n) is 11.1. The maximum atomic E-state index is 12.2. The molecule has 1 amide bonds. The van der Waals surface area contributed by atoms with Gasteiger partial charge in [0.15, 0.2) is 6.61 Å². The molecule has 0 aromatic carbocycles. The standard InChI is InChI=1S/C13H15F2N3O2/c1-7(2)13(19)18-12-9-5-16-4-8(9)3-11(17-12)20-6-10(14)15/h3-5,7,10,16H,6H2,1-2H3,(H,17,18,19). The topological polar surface area (TPSA) is 67.0 Å². The van der Waals surface area contributed by atoms with Crippen molar-refractivity contribution in [2.45, 2.75) is 20.3 Å². The Kier molecular flexibility index (Phi) is 4.16. The molecule has 2 aromatic heterocycles. The molecule has 2 N–H and O–H groups in total. The first kappa shape index (κ1) is 14.2. The van der Waals surface area contributed by atoms with Gasteiger partial charge in [-0.25, -0.2) is 8.78 Å². The Morgan fingerprint density at radius 1 is 1.45 bits per heavy atom. The number of anilines is 1. The van der Waals surface area contributed by atoms with E-state index >= 15 is 0 Å². The fraction of sp³-hybridized carbons (Fsp3) is 0.385. The van der Waals surface area contributed by atoms with Crippen molar-refractivity contribution < 1.29 is 18.3 Å². The molecular weight excluding hydrogens is 268 g/mol. The number of hydrogen-bond donors (Lipinski definition) is 2. The molecule has 7 heteroatoms. The van der Waals surface area contributed by atoms with Gasteiger partial charge >= 0.3 is 0 Å². The van der Waals surface area contributed by atoms with E-state index in [4.69, 9.17) is 4.74 Å². The summed E-state index contributed by atoms with van der Waals surface area (Å²) in [6.45, 7) is 2.77. The predicted octanol–water partition coefficient (Wildman–Crippen LogP) is 2.80. The summed E-state index contributed by atoms with van der Waals surface area (Å²) in [4.78, 5) is 18.7. The zero-order chi connectivity index (χ0) is 14.7. The fourth-order valence-corrected chi connectivity index (χ4v) is 1.61. The number of ether oxygens (including phenoxy) is 1. The van der Waals surface area contributed by atoms with E-state index in [1.54, 1.807) is 32.3 Å². The number of alkyl halides is 2. The van der Waals surface area contributed by atoms with Crippen molar-refractivity contribution in [2.75, 3.05) is 11.9 Å². The molecule has 0 bridgehead atoms. The molecule has 0 saturated carbocycles. The Balaban J connectivity index is 2.30. The summed E-state index contributed by atoms with van der Waals surface area (Å²) in [5.41, 5.74) is 0. The molecular formula is C13H15F2N3O2. The fourth-order valence-electron chi connectivity index (χ4n) is 1.61. The summed E-state index contributed by atoms with van der Waals surface area (Å²) < 4.78 is 29.2. The molecule has 2 rings (SSSR count). The SMILES string of the molecule is CC(C)C(=O)Nc1nc(OCC(F)F)cc2c[nH]cc12. The van der Waals surface area contributed by atoms with Crippen LogP contribution in [0, 0.1) is 5.92 Å². The highest BCUT2D eigenvalue weighted by Crippen LogP contribution is 2.26. The number of aromatic nitrogens is 2. The lowest BCUT2D eigenvalue weighted by atomic mass is 10.2. The first-order chi connectivity index (χ1) is 9.47. The van der Waals surface area contributed by atoms with E-state index in [0.717, 1.165) is 5.39 Å². The lowest BCUT2D eigenvalue weighted by Gasteiger charge is -2.10. The van der Waals surface area contributed by atoms with Crippen LogP contribution in [-0.2, 0) is 4.79 Å². The van der Waals surface area contributed by atoms with E-state index in [0.29, 0.717) is 11.2 Å². The van der Waals surface area contributed by atoms with Gasteiger partial charge < -0.3 is 15.0 Å². The number of carbonyl (C=O) groups is 1. The molecule has 0 unspecified atom stereocenters. The molecule has 5 nitrogen and oxygen atoms in total. The number of aromatic amines is 1. The number of H-pyrrole nitrogens is 1. The van der Waals surface area contributed by atoms with Crippen molar-refractivity contribution in [1.29, 1.82) is 0 Å². The highest BCUT2D eigenvalue weighted by Gasteiger charge is 2.14. The van der Waals surface area contributed by atoms with Crippen LogP contribution >= 0.6 is 0 Å². The normalized spacial score (nSPS) is 11.3. The van der Waals surface area contributed by atoms with Crippen molar-refractivity contribution in [3.05, 3.63) is 18.5 Å². The molecule has 0 fully saturated rings. The third-order valence-corrected chi connectivity index (χ3v) is 2.66. The lowest BCUT2D eigenvalue weighted by Crippen LogP contribution is -2.19. The number of nitrogens with one attached hydrogen (secondary N) is 2. The predicted molar refractivity (Wildman–Crippen MR) is 71.1 cm³/mol. The van der Waals surface area contributed by atoms with Crippen molar-refractivity contribution in [2.24, 2.45) is 5.92 Å². The van der Waals surface area contributed by atoms with Crippen LogP contribution in [-0.4, -0.2) is 28.9 Å². The van der Waals surface area contributed by atoms with E-state index in [1.807, 2.05) is 0 Å². The lowest BCUT2D eigenvalue weighted by molar-refractivity contribution is -0.118. The van der Waals surface area contributed by atoms with Crippen LogP contribution < -0.4 is 10.1 Å². The first-order valence-electron chi connectivity index (χ1n) is 6.16. The summed E-state index contributed by atoms with van der Waals surface area (Å²) in [6.07, 6.45) is 0.777.